The van der Waals surface area contributed by atoms with E-state index in [9.17, 15) is 13.6 Å². The van der Waals surface area contributed by atoms with Crippen LogP contribution in [0.1, 0.15) is 28.8 Å². The van der Waals surface area contributed by atoms with Gasteiger partial charge in [0.1, 0.15) is 23.7 Å². The number of carbonyl (C=O) groups is 1. The number of aromatic amines is 2. The van der Waals surface area contributed by atoms with Crippen molar-refractivity contribution in [3.8, 4) is 22.9 Å². The maximum absolute atomic E-state index is 14.7. The summed E-state index contributed by atoms with van der Waals surface area (Å²) in [7, 11) is 0. The first kappa shape index (κ1) is 22.5. The number of imidazole rings is 1. The highest BCUT2D eigenvalue weighted by atomic mass is 19.1. The van der Waals surface area contributed by atoms with Crippen molar-refractivity contribution in [2.24, 2.45) is 0 Å². The van der Waals surface area contributed by atoms with Crippen LogP contribution in [-0.4, -0.2) is 21.2 Å². The number of nitrogens with zero attached hydrogens (tertiary/aromatic N) is 1. The molecule has 0 radical (unpaired) electrons. The highest BCUT2D eigenvalue weighted by Gasteiger charge is 2.16. The monoisotopic (exact) mass is 471 g/mol. The zero-order valence-corrected chi connectivity index (χ0v) is 19.1. The summed E-state index contributed by atoms with van der Waals surface area (Å²) in [5.41, 5.74) is 4.54. The average molecular weight is 472 g/mol. The third-order valence-electron chi connectivity index (χ3n) is 5.99. The number of H-pyrrole nitrogens is 2. The number of benzene rings is 3. The minimum Gasteiger partial charge on any atom is -0.454 e. The predicted molar refractivity (Wildman–Crippen MR) is 131 cm³/mol. The van der Waals surface area contributed by atoms with E-state index in [1.807, 2.05) is 24.3 Å². The fourth-order valence-electron chi connectivity index (χ4n) is 4.24. The molecule has 0 saturated carbocycles. The zero-order chi connectivity index (χ0) is 24.4. The van der Waals surface area contributed by atoms with Crippen LogP contribution in [0.2, 0.25) is 0 Å². The Hall–Kier alpha value is -4.26. The molecule has 0 aliphatic heterocycles. The fraction of sp³-hybridized carbons (Fsp3) is 0.143. The van der Waals surface area contributed by atoms with Crippen LogP contribution >= 0.6 is 0 Å². The number of hydrogen-bond donors (Lipinski definition) is 2. The second-order valence-electron chi connectivity index (χ2n) is 8.45. The van der Waals surface area contributed by atoms with Gasteiger partial charge in [0, 0.05) is 53.5 Å². The molecule has 2 N–H and O–H groups in total. The number of aromatic nitrogens is 3. The first-order valence-corrected chi connectivity index (χ1v) is 11.3. The fourth-order valence-corrected chi connectivity index (χ4v) is 4.24. The summed E-state index contributed by atoms with van der Waals surface area (Å²) in [4.78, 5) is 21.2. The molecule has 0 aliphatic carbocycles. The molecule has 2 aromatic heterocycles. The van der Waals surface area contributed by atoms with Crippen LogP contribution in [0, 0.1) is 18.6 Å². The van der Waals surface area contributed by atoms with Crippen molar-refractivity contribution < 1.29 is 18.3 Å². The van der Waals surface area contributed by atoms with E-state index in [1.54, 1.807) is 19.3 Å². The smallest absolute Gasteiger partial charge is 0.168 e. The van der Waals surface area contributed by atoms with Crippen molar-refractivity contribution in [3.63, 3.8) is 0 Å². The van der Waals surface area contributed by atoms with Crippen molar-refractivity contribution in [2.75, 3.05) is 0 Å². The number of nitrogens with one attached hydrogen (secondary N) is 2. The number of fused-ring (bicyclic) bond motifs is 1. The number of aryl methyl sites for hydroxylation is 2. The maximum Gasteiger partial charge on any atom is 0.168 e. The van der Waals surface area contributed by atoms with Gasteiger partial charge in [0.05, 0.1) is 5.56 Å². The number of rotatable bonds is 8. The summed E-state index contributed by atoms with van der Waals surface area (Å²) in [6, 6.07) is 15.5. The Morgan fingerprint density at radius 3 is 2.74 bits per heavy atom. The third kappa shape index (κ3) is 4.71. The van der Waals surface area contributed by atoms with Crippen molar-refractivity contribution in [1.29, 1.82) is 0 Å². The second kappa shape index (κ2) is 9.54. The largest absolute Gasteiger partial charge is 0.454 e. The van der Waals surface area contributed by atoms with Gasteiger partial charge in [-0.1, -0.05) is 24.3 Å². The first-order chi connectivity index (χ1) is 17.0. The van der Waals surface area contributed by atoms with Crippen LogP contribution in [0.5, 0.6) is 11.5 Å². The Labute approximate surface area is 200 Å². The molecule has 0 aliphatic rings. The molecule has 3 aromatic carbocycles. The average Bonchev–Trinajstić information content (AvgIpc) is 3.51. The third-order valence-corrected chi connectivity index (χ3v) is 5.99. The molecule has 0 bridgehead atoms. The van der Waals surface area contributed by atoms with Gasteiger partial charge in [-0.3, -0.25) is 0 Å². The van der Waals surface area contributed by atoms with Gasteiger partial charge in [-0.15, -0.1) is 0 Å². The topological polar surface area (TPSA) is 70.8 Å². The summed E-state index contributed by atoms with van der Waals surface area (Å²) < 4.78 is 35.3. The quantitative estimate of drug-likeness (QED) is 0.249. The minimum atomic E-state index is -0.501. The Balaban J connectivity index is 1.39. The van der Waals surface area contributed by atoms with E-state index in [0.29, 0.717) is 41.9 Å². The van der Waals surface area contributed by atoms with Gasteiger partial charge in [-0.05, 0) is 48.7 Å². The molecule has 0 atom stereocenters. The molecule has 35 heavy (non-hydrogen) atoms. The Kier molecular flexibility index (Phi) is 6.14. The van der Waals surface area contributed by atoms with Gasteiger partial charge in [-0.25, -0.2) is 13.8 Å². The minimum absolute atomic E-state index is 0.101. The lowest BCUT2D eigenvalue weighted by molar-refractivity contribution is -0.107. The molecule has 0 fully saturated rings. The number of aldehydes is 1. The Morgan fingerprint density at radius 2 is 1.89 bits per heavy atom. The van der Waals surface area contributed by atoms with Gasteiger partial charge in [-0.2, -0.15) is 0 Å². The van der Waals surface area contributed by atoms with Gasteiger partial charge >= 0.3 is 0 Å². The van der Waals surface area contributed by atoms with E-state index >= 15 is 0 Å². The number of hydrogen-bond acceptors (Lipinski definition) is 3. The lowest BCUT2D eigenvalue weighted by Crippen LogP contribution is -1.95. The van der Waals surface area contributed by atoms with Crippen LogP contribution in [0.15, 0.2) is 67.0 Å². The van der Waals surface area contributed by atoms with E-state index in [1.165, 1.54) is 24.3 Å². The molecule has 0 unspecified atom stereocenters. The molecule has 2 heterocycles. The van der Waals surface area contributed by atoms with E-state index in [2.05, 4.69) is 21.0 Å². The molecule has 7 heteroatoms. The summed E-state index contributed by atoms with van der Waals surface area (Å²) in [6.07, 6.45) is 6.09. The molecule has 5 nitrogen and oxygen atoms in total. The van der Waals surface area contributed by atoms with Crippen LogP contribution in [0.4, 0.5) is 8.78 Å². The highest BCUT2D eigenvalue weighted by Crippen LogP contribution is 2.35. The molecular formula is C28H23F2N3O2. The second-order valence-corrected chi connectivity index (χ2v) is 8.45. The molecular weight excluding hydrogens is 448 g/mol. The van der Waals surface area contributed by atoms with Crippen LogP contribution in [0.25, 0.3) is 22.3 Å². The Morgan fingerprint density at radius 1 is 1.03 bits per heavy atom. The standard InChI is InChI=1S/C28H23F2N3O2/c1-17-22-9-10-31-26(22)15-25(30)27(17)35-21-7-8-24(29)23(14-21)28-32-16-20(33-28)13-19-5-2-4-18(12-19)6-3-11-34/h2,4-5,7-12,14-16,31H,3,6,13H2,1H3,(H,32,33). The van der Waals surface area contributed by atoms with Crippen molar-refractivity contribution in [1.82, 2.24) is 15.0 Å². The van der Waals surface area contributed by atoms with E-state index in [-0.39, 0.29) is 11.3 Å². The van der Waals surface area contributed by atoms with Crippen molar-refractivity contribution in [3.05, 3.63) is 101 Å². The highest BCUT2D eigenvalue weighted by molar-refractivity contribution is 5.85. The van der Waals surface area contributed by atoms with Crippen LogP contribution < -0.4 is 4.74 Å². The van der Waals surface area contributed by atoms with Gasteiger partial charge in [0.2, 0.25) is 0 Å². The maximum atomic E-state index is 14.7. The molecule has 0 spiro atoms. The normalized spacial score (nSPS) is 11.2. The van der Waals surface area contributed by atoms with E-state index < -0.39 is 11.6 Å². The molecule has 5 rings (SSSR count). The lowest BCUT2D eigenvalue weighted by atomic mass is 10.0. The molecule has 5 aromatic rings. The van der Waals surface area contributed by atoms with Crippen molar-refractivity contribution >= 4 is 17.2 Å². The molecule has 176 valence electrons. The first-order valence-electron chi connectivity index (χ1n) is 11.3. The van der Waals surface area contributed by atoms with Gasteiger partial charge < -0.3 is 19.5 Å². The molecule has 0 saturated heterocycles. The summed E-state index contributed by atoms with van der Waals surface area (Å²) in [6.45, 7) is 1.78. The van der Waals surface area contributed by atoms with E-state index in [4.69, 9.17) is 4.74 Å². The zero-order valence-electron chi connectivity index (χ0n) is 19.1. The summed E-state index contributed by atoms with van der Waals surface area (Å²) in [5, 5.41) is 0.856. The number of halogens is 2. The van der Waals surface area contributed by atoms with E-state index in [0.717, 1.165) is 28.5 Å². The summed E-state index contributed by atoms with van der Waals surface area (Å²) >= 11 is 0. The number of carbonyl (C=O) groups excluding carboxylic acids is 1. The number of ether oxygens (including phenoxy) is 1. The molecule has 0 amide bonds. The van der Waals surface area contributed by atoms with Crippen molar-refractivity contribution in [2.45, 2.75) is 26.2 Å². The lowest BCUT2D eigenvalue weighted by Gasteiger charge is -2.12. The predicted octanol–water partition coefficient (Wildman–Crippen LogP) is 6.66. The van der Waals surface area contributed by atoms with Crippen LogP contribution in [-0.2, 0) is 17.6 Å². The van der Waals surface area contributed by atoms with Crippen LogP contribution in [0.3, 0.4) is 0 Å². The van der Waals surface area contributed by atoms with Gasteiger partial charge in [0.15, 0.2) is 11.6 Å². The summed E-state index contributed by atoms with van der Waals surface area (Å²) in [5.74, 6) is -0.201. The van der Waals surface area contributed by atoms with Gasteiger partial charge in [0.25, 0.3) is 0 Å². The Bertz CT molecular complexity index is 1520. The SMILES string of the molecule is Cc1c(Oc2ccc(F)c(-c3ncc(Cc4cccc(CCC=O)c4)[nH]3)c2)c(F)cc2[nH]ccc12.